The zero-order valence-corrected chi connectivity index (χ0v) is 22.1. The lowest BCUT2D eigenvalue weighted by Crippen LogP contribution is -2.55. The number of benzene rings is 1. The molecule has 0 heterocycles. The highest BCUT2D eigenvalue weighted by Gasteiger charge is 2.61. The molecule has 2 saturated carbocycles. The third kappa shape index (κ3) is 3.70. The van der Waals surface area contributed by atoms with E-state index >= 15 is 0 Å². The Bertz CT molecular complexity index is 1030. The van der Waals surface area contributed by atoms with E-state index in [0.29, 0.717) is 22.5 Å². The molecule has 5 atom stereocenters. The lowest BCUT2D eigenvalue weighted by Gasteiger charge is -2.61. The first kappa shape index (κ1) is 25.2. The van der Waals surface area contributed by atoms with Gasteiger partial charge in [-0.15, -0.1) is 0 Å². The van der Waals surface area contributed by atoms with Gasteiger partial charge < -0.3 is 15.6 Å². The monoisotopic (exact) mass is 469 g/mol. The van der Waals surface area contributed by atoms with E-state index in [1.54, 1.807) is 0 Å². The van der Waals surface area contributed by atoms with Gasteiger partial charge in [-0.3, -0.25) is 9.59 Å². The maximum atomic E-state index is 12.6. The SMILES string of the molecule is Cc1c(C)c2c(c(C)c1OC(=O)CCC(N)C(=O)O)C[C@H]1C2(C)CCC2C(C)(C)CCC[C@@]21C. The van der Waals surface area contributed by atoms with E-state index in [1.165, 1.54) is 48.8 Å². The average molecular weight is 470 g/mol. The predicted molar refractivity (Wildman–Crippen MR) is 134 cm³/mol. The van der Waals surface area contributed by atoms with Crippen LogP contribution >= 0.6 is 0 Å². The zero-order valence-electron chi connectivity index (χ0n) is 22.1. The van der Waals surface area contributed by atoms with Crippen molar-refractivity contribution >= 4 is 11.9 Å². The van der Waals surface area contributed by atoms with E-state index in [2.05, 4.69) is 48.5 Å². The molecule has 0 amide bonds. The minimum atomic E-state index is -1.10. The Labute approximate surface area is 204 Å². The molecule has 0 radical (unpaired) electrons. The van der Waals surface area contributed by atoms with E-state index in [9.17, 15) is 9.59 Å². The average Bonchev–Trinajstić information content (AvgIpc) is 3.07. The summed E-state index contributed by atoms with van der Waals surface area (Å²) in [6.07, 6.45) is 7.57. The molecule has 1 aromatic rings. The quantitative estimate of drug-likeness (QED) is 0.422. The molecule has 2 fully saturated rings. The second-order valence-electron chi connectivity index (χ2n) is 12.6. The highest BCUT2D eigenvalue weighted by Crippen LogP contribution is 2.68. The molecule has 5 nitrogen and oxygen atoms in total. The number of hydrogen-bond donors (Lipinski definition) is 2. The van der Waals surface area contributed by atoms with Crippen LogP contribution < -0.4 is 10.5 Å². The number of carboxylic acid groups (broad SMARTS) is 1. The van der Waals surface area contributed by atoms with Crippen molar-refractivity contribution in [1.82, 2.24) is 0 Å². The summed E-state index contributed by atoms with van der Waals surface area (Å²) in [7, 11) is 0. The van der Waals surface area contributed by atoms with Gasteiger partial charge in [0.2, 0.25) is 0 Å². The Morgan fingerprint density at radius 2 is 1.71 bits per heavy atom. The summed E-state index contributed by atoms with van der Waals surface area (Å²) in [6, 6.07) is -1.05. The van der Waals surface area contributed by atoms with Crippen LogP contribution in [0, 0.1) is 43.4 Å². The van der Waals surface area contributed by atoms with Crippen molar-refractivity contribution in [2.45, 2.75) is 111 Å². The Balaban J connectivity index is 1.68. The second kappa shape index (κ2) is 8.36. The lowest BCUT2D eigenvalue weighted by atomic mass is 9.43. The van der Waals surface area contributed by atoms with Crippen LogP contribution in [0.15, 0.2) is 0 Å². The molecule has 5 heteroatoms. The van der Waals surface area contributed by atoms with Gasteiger partial charge in [0.05, 0.1) is 0 Å². The normalized spacial score (nSPS) is 32.4. The molecular weight excluding hydrogens is 426 g/mol. The number of esters is 1. The van der Waals surface area contributed by atoms with Gasteiger partial charge in [-0.25, -0.2) is 0 Å². The topological polar surface area (TPSA) is 89.6 Å². The zero-order chi connectivity index (χ0) is 25.2. The van der Waals surface area contributed by atoms with Crippen molar-refractivity contribution in [3.63, 3.8) is 0 Å². The van der Waals surface area contributed by atoms with Crippen molar-refractivity contribution in [2.24, 2.45) is 28.4 Å². The Morgan fingerprint density at radius 1 is 1.03 bits per heavy atom. The van der Waals surface area contributed by atoms with Crippen molar-refractivity contribution in [3.8, 4) is 5.75 Å². The maximum Gasteiger partial charge on any atom is 0.320 e. The lowest BCUT2D eigenvalue weighted by molar-refractivity contribution is -0.139. The summed E-state index contributed by atoms with van der Waals surface area (Å²) in [5, 5.41) is 9.00. The van der Waals surface area contributed by atoms with E-state index < -0.39 is 18.0 Å². The number of hydrogen-bond acceptors (Lipinski definition) is 4. The Morgan fingerprint density at radius 3 is 2.35 bits per heavy atom. The third-order valence-electron chi connectivity index (χ3n) is 10.3. The third-order valence-corrected chi connectivity index (χ3v) is 10.3. The molecule has 3 N–H and O–H groups in total. The van der Waals surface area contributed by atoms with Gasteiger partial charge in [0.1, 0.15) is 11.8 Å². The molecule has 0 bridgehead atoms. The van der Waals surface area contributed by atoms with Gasteiger partial charge in [-0.2, -0.15) is 0 Å². The Hall–Kier alpha value is -1.88. The highest BCUT2D eigenvalue weighted by atomic mass is 16.5. The molecule has 188 valence electrons. The molecule has 4 rings (SSSR count). The summed E-state index contributed by atoms with van der Waals surface area (Å²) in [4.78, 5) is 23.6. The van der Waals surface area contributed by atoms with E-state index in [1.807, 2.05) is 0 Å². The maximum absolute atomic E-state index is 12.6. The molecule has 1 aromatic carbocycles. The van der Waals surface area contributed by atoms with Crippen molar-refractivity contribution in [1.29, 1.82) is 0 Å². The van der Waals surface area contributed by atoms with Gasteiger partial charge in [0, 0.05) is 6.42 Å². The molecule has 0 aromatic heterocycles. The van der Waals surface area contributed by atoms with Crippen molar-refractivity contribution in [3.05, 3.63) is 27.8 Å². The largest absolute Gasteiger partial charge is 0.480 e. The van der Waals surface area contributed by atoms with E-state index in [-0.39, 0.29) is 18.3 Å². The van der Waals surface area contributed by atoms with Crippen LogP contribution in [0.4, 0.5) is 0 Å². The number of ether oxygens (including phenoxy) is 1. The van der Waals surface area contributed by atoms with Gasteiger partial charge in [0.15, 0.2) is 0 Å². The fourth-order valence-electron chi connectivity index (χ4n) is 8.54. The van der Waals surface area contributed by atoms with Crippen molar-refractivity contribution < 1.29 is 19.4 Å². The smallest absolute Gasteiger partial charge is 0.320 e. The molecule has 3 aliphatic rings. The molecule has 0 saturated heterocycles. The molecular formula is C29H43NO4. The summed E-state index contributed by atoms with van der Waals surface area (Å²) in [6.45, 7) is 16.4. The molecule has 3 unspecified atom stereocenters. The molecule has 0 aliphatic heterocycles. The molecule has 34 heavy (non-hydrogen) atoms. The van der Waals surface area contributed by atoms with E-state index in [4.69, 9.17) is 15.6 Å². The van der Waals surface area contributed by atoms with Crippen LogP contribution in [0.3, 0.4) is 0 Å². The number of aliphatic carboxylic acids is 1. The van der Waals surface area contributed by atoms with Gasteiger partial charge in [-0.1, -0.05) is 34.1 Å². The first-order valence-corrected chi connectivity index (χ1v) is 13.1. The fraction of sp³-hybridized carbons (Fsp3) is 0.724. The second-order valence-corrected chi connectivity index (χ2v) is 12.6. The summed E-state index contributed by atoms with van der Waals surface area (Å²) >= 11 is 0. The van der Waals surface area contributed by atoms with Gasteiger partial charge in [-0.05, 0) is 115 Å². The van der Waals surface area contributed by atoms with Crippen LogP contribution in [-0.2, 0) is 21.4 Å². The minimum absolute atomic E-state index is 0.00233. The first-order valence-electron chi connectivity index (χ1n) is 13.1. The van der Waals surface area contributed by atoms with Crippen LogP contribution in [0.5, 0.6) is 5.75 Å². The predicted octanol–water partition coefficient (Wildman–Crippen LogP) is 5.77. The van der Waals surface area contributed by atoms with Crippen LogP contribution in [0.2, 0.25) is 0 Å². The highest BCUT2D eigenvalue weighted by molar-refractivity contribution is 5.77. The van der Waals surface area contributed by atoms with Crippen molar-refractivity contribution in [2.75, 3.05) is 0 Å². The number of nitrogens with two attached hydrogens (primary N) is 1. The summed E-state index contributed by atoms with van der Waals surface area (Å²) in [5.74, 6) is 0.508. The van der Waals surface area contributed by atoms with Crippen LogP contribution in [0.1, 0.15) is 100 Å². The molecule has 0 spiro atoms. The first-order chi connectivity index (χ1) is 15.7. The summed E-state index contributed by atoms with van der Waals surface area (Å²) < 4.78 is 5.88. The van der Waals surface area contributed by atoms with Crippen LogP contribution in [0.25, 0.3) is 0 Å². The summed E-state index contributed by atoms with van der Waals surface area (Å²) in [5.41, 5.74) is 12.7. The number of carbonyl (C=O) groups is 2. The van der Waals surface area contributed by atoms with Gasteiger partial charge >= 0.3 is 11.9 Å². The number of rotatable bonds is 5. The number of carboxylic acids is 1. The van der Waals surface area contributed by atoms with Crippen LogP contribution in [-0.4, -0.2) is 23.1 Å². The van der Waals surface area contributed by atoms with E-state index in [0.717, 1.165) is 23.5 Å². The number of carbonyl (C=O) groups excluding carboxylic acids is 1. The standard InChI is InChI=1S/C29H43NO4/c1-16-17(2)25(34-23(31)10-9-20(30)26(32)33)18(3)19-15-22-28(6)13-8-12-27(4,5)21(28)11-14-29(22,7)24(16)19/h20-22H,8-15,30H2,1-7H3,(H,32,33)/t20?,21?,22-,28+,29?/m1/s1. The fourth-order valence-corrected chi connectivity index (χ4v) is 8.54. The van der Waals surface area contributed by atoms with Gasteiger partial charge in [0.25, 0.3) is 0 Å². The Kier molecular flexibility index (Phi) is 6.20. The minimum Gasteiger partial charge on any atom is -0.480 e. The number of fused-ring (bicyclic) bond motifs is 5. The molecule has 3 aliphatic carbocycles.